The Morgan fingerprint density at radius 1 is 1.30 bits per heavy atom. The summed E-state index contributed by atoms with van der Waals surface area (Å²) in [5.74, 6) is 0.844. The number of ether oxygens (including phenoxy) is 1. The van der Waals surface area contributed by atoms with Gasteiger partial charge in [-0.1, -0.05) is 12.1 Å². The summed E-state index contributed by atoms with van der Waals surface area (Å²) in [6, 6.07) is 7.44. The van der Waals surface area contributed by atoms with Gasteiger partial charge in [-0.05, 0) is 13.8 Å². The quantitative estimate of drug-likeness (QED) is 0.632. The van der Waals surface area contributed by atoms with E-state index in [0.29, 0.717) is 49.2 Å². The van der Waals surface area contributed by atoms with Crippen molar-refractivity contribution in [2.24, 2.45) is 0 Å². The number of anilines is 1. The van der Waals surface area contributed by atoms with Gasteiger partial charge in [-0.15, -0.1) is 0 Å². The molecule has 0 spiro atoms. The maximum atomic E-state index is 12.6. The predicted octanol–water partition coefficient (Wildman–Crippen LogP) is 2.02. The fraction of sp³-hybridized carbons (Fsp3) is 0.389. The molecule has 9 heteroatoms. The van der Waals surface area contributed by atoms with E-state index >= 15 is 0 Å². The Kier molecular flexibility index (Phi) is 5.60. The molecular formula is C18H21N5O4. The smallest absolute Gasteiger partial charge is 0.270 e. The number of carbonyl (C=O) groups excluding carboxylic acids is 1. The number of aromatic nitrogens is 2. The number of nitro groups is 1. The van der Waals surface area contributed by atoms with Gasteiger partial charge in [0.1, 0.15) is 11.9 Å². The Labute approximate surface area is 156 Å². The molecule has 1 saturated heterocycles. The first-order chi connectivity index (χ1) is 12.9. The predicted molar refractivity (Wildman–Crippen MR) is 99.3 cm³/mol. The zero-order chi connectivity index (χ0) is 19.4. The van der Waals surface area contributed by atoms with Gasteiger partial charge in [0.05, 0.1) is 18.1 Å². The monoisotopic (exact) mass is 371 g/mol. The van der Waals surface area contributed by atoms with E-state index in [1.165, 1.54) is 12.1 Å². The molecule has 0 radical (unpaired) electrons. The van der Waals surface area contributed by atoms with Crippen LogP contribution in [0, 0.1) is 17.0 Å². The van der Waals surface area contributed by atoms with Gasteiger partial charge in [0.15, 0.2) is 5.82 Å². The molecule has 1 aromatic heterocycles. The van der Waals surface area contributed by atoms with E-state index in [9.17, 15) is 14.9 Å². The third-order valence-electron chi connectivity index (χ3n) is 4.23. The van der Waals surface area contributed by atoms with Crippen molar-refractivity contribution in [3.05, 3.63) is 46.1 Å². The fourth-order valence-corrected chi connectivity index (χ4v) is 2.87. The van der Waals surface area contributed by atoms with Gasteiger partial charge in [-0.25, -0.2) is 9.97 Å². The van der Waals surface area contributed by atoms with Crippen molar-refractivity contribution in [2.75, 3.05) is 31.6 Å². The van der Waals surface area contributed by atoms with Crippen LogP contribution in [0.2, 0.25) is 0 Å². The van der Waals surface area contributed by atoms with E-state index in [2.05, 4.69) is 15.3 Å². The summed E-state index contributed by atoms with van der Waals surface area (Å²) in [5, 5.41) is 14.1. The third kappa shape index (κ3) is 4.56. The second kappa shape index (κ2) is 8.09. The first-order valence-electron chi connectivity index (χ1n) is 8.67. The molecule has 1 aliphatic rings. The minimum atomic E-state index is -0.463. The molecule has 142 valence electrons. The fourth-order valence-electron chi connectivity index (χ4n) is 2.87. The van der Waals surface area contributed by atoms with E-state index in [4.69, 9.17) is 4.74 Å². The van der Waals surface area contributed by atoms with Crippen LogP contribution in [0.15, 0.2) is 30.3 Å². The maximum Gasteiger partial charge on any atom is 0.270 e. The number of benzene rings is 1. The maximum absolute atomic E-state index is 12.6. The summed E-state index contributed by atoms with van der Waals surface area (Å²) in [7, 11) is 0. The summed E-state index contributed by atoms with van der Waals surface area (Å²) < 4.78 is 5.27. The van der Waals surface area contributed by atoms with Gasteiger partial charge >= 0.3 is 0 Å². The molecule has 2 aromatic rings. The number of aryl methyl sites for hydroxylation is 1. The van der Waals surface area contributed by atoms with E-state index in [0.717, 1.165) is 0 Å². The first kappa shape index (κ1) is 18.7. The molecule has 1 unspecified atom stereocenters. The molecule has 1 aliphatic heterocycles. The molecule has 1 fully saturated rings. The Bertz CT molecular complexity index is 851. The molecule has 3 rings (SSSR count). The van der Waals surface area contributed by atoms with Crippen molar-refractivity contribution in [1.82, 2.24) is 14.9 Å². The number of nitrogens with one attached hydrogen (secondary N) is 1. The molecule has 1 N–H and O–H groups in total. The highest BCUT2D eigenvalue weighted by molar-refractivity contribution is 5.84. The molecule has 27 heavy (non-hydrogen) atoms. The van der Waals surface area contributed by atoms with Crippen LogP contribution in [0.25, 0.3) is 11.4 Å². The van der Waals surface area contributed by atoms with Crippen LogP contribution in [0.1, 0.15) is 12.6 Å². The van der Waals surface area contributed by atoms with Gasteiger partial charge in [0.25, 0.3) is 5.69 Å². The first-order valence-corrected chi connectivity index (χ1v) is 8.67. The van der Waals surface area contributed by atoms with E-state index in [-0.39, 0.29) is 11.6 Å². The number of hydrogen-bond acceptors (Lipinski definition) is 7. The number of non-ortho nitro benzene ring substituents is 1. The summed E-state index contributed by atoms with van der Waals surface area (Å²) in [6.45, 7) is 5.83. The van der Waals surface area contributed by atoms with Crippen LogP contribution in [-0.2, 0) is 9.53 Å². The standard InChI is InChI=1S/C18H21N5O4/c1-12-10-16(20-13(2)18(24)22-6-8-27-9-7-22)21-17(19-12)14-4-3-5-15(11-14)23(25)26/h3-5,10-11,13H,6-9H2,1-2H3,(H,19,20,21). The number of hydrogen-bond donors (Lipinski definition) is 1. The van der Waals surface area contributed by atoms with Gasteiger partial charge in [0, 0.05) is 42.5 Å². The average Bonchev–Trinajstić information content (AvgIpc) is 2.67. The SMILES string of the molecule is Cc1cc(NC(C)C(=O)N2CCOCC2)nc(-c2cccc([N+](=O)[O-])c2)n1. The van der Waals surface area contributed by atoms with Gasteiger partial charge in [-0.2, -0.15) is 0 Å². The van der Waals surface area contributed by atoms with Gasteiger partial charge < -0.3 is 15.0 Å². The van der Waals surface area contributed by atoms with Gasteiger partial charge in [0.2, 0.25) is 5.91 Å². The number of carbonyl (C=O) groups is 1. The lowest BCUT2D eigenvalue weighted by Crippen LogP contribution is -2.47. The van der Waals surface area contributed by atoms with Crippen LogP contribution in [0.4, 0.5) is 11.5 Å². The molecule has 1 aromatic carbocycles. The molecule has 0 aliphatic carbocycles. The van der Waals surface area contributed by atoms with E-state index in [1.54, 1.807) is 30.0 Å². The second-order valence-corrected chi connectivity index (χ2v) is 6.33. The van der Waals surface area contributed by atoms with Crippen LogP contribution in [-0.4, -0.2) is 58.0 Å². The molecular weight excluding hydrogens is 350 g/mol. The van der Waals surface area contributed by atoms with Crippen molar-refractivity contribution in [3.63, 3.8) is 0 Å². The highest BCUT2D eigenvalue weighted by Gasteiger charge is 2.23. The highest BCUT2D eigenvalue weighted by atomic mass is 16.6. The molecule has 9 nitrogen and oxygen atoms in total. The Balaban J connectivity index is 1.80. The Morgan fingerprint density at radius 2 is 2.04 bits per heavy atom. The molecule has 0 bridgehead atoms. The zero-order valence-electron chi connectivity index (χ0n) is 15.2. The molecule has 0 saturated carbocycles. The second-order valence-electron chi connectivity index (χ2n) is 6.33. The minimum absolute atomic E-state index is 0.0218. The number of nitrogens with zero attached hydrogens (tertiary/aromatic N) is 4. The van der Waals surface area contributed by atoms with Crippen LogP contribution < -0.4 is 5.32 Å². The van der Waals surface area contributed by atoms with Crippen molar-refractivity contribution in [1.29, 1.82) is 0 Å². The Morgan fingerprint density at radius 3 is 2.74 bits per heavy atom. The van der Waals surface area contributed by atoms with Crippen molar-refractivity contribution < 1.29 is 14.5 Å². The number of rotatable bonds is 5. The lowest BCUT2D eigenvalue weighted by Gasteiger charge is -2.29. The van der Waals surface area contributed by atoms with Crippen molar-refractivity contribution in [2.45, 2.75) is 19.9 Å². The van der Waals surface area contributed by atoms with E-state index in [1.807, 2.05) is 6.92 Å². The number of amides is 1. The molecule has 1 atom stereocenters. The highest BCUT2D eigenvalue weighted by Crippen LogP contribution is 2.22. The van der Waals surface area contributed by atoms with Crippen LogP contribution in [0.5, 0.6) is 0 Å². The molecule has 1 amide bonds. The van der Waals surface area contributed by atoms with E-state index < -0.39 is 11.0 Å². The lowest BCUT2D eigenvalue weighted by atomic mass is 10.2. The third-order valence-corrected chi connectivity index (χ3v) is 4.23. The molecule has 2 heterocycles. The van der Waals surface area contributed by atoms with Gasteiger partial charge in [-0.3, -0.25) is 14.9 Å². The van der Waals surface area contributed by atoms with Crippen molar-refractivity contribution >= 4 is 17.4 Å². The summed E-state index contributed by atoms with van der Waals surface area (Å²) in [5.41, 5.74) is 1.21. The van der Waals surface area contributed by atoms with Crippen molar-refractivity contribution in [3.8, 4) is 11.4 Å². The number of nitro benzene ring substituents is 1. The summed E-state index contributed by atoms with van der Waals surface area (Å²) in [4.78, 5) is 33.6. The van der Waals surface area contributed by atoms with Crippen LogP contribution >= 0.6 is 0 Å². The van der Waals surface area contributed by atoms with Crippen LogP contribution in [0.3, 0.4) is 0 Å². The summed E-state index contributed by atoms with van der Waals surface area (Å²) in [6.07, 6.45) is 0. The lowest BCUT2D eigenvalue weighted by molar-refractivity contribution is -0.384. The Hall–Kier alpha value is -3.07. The minimum Gasteiger partial charge on any atom is -0.378 e. The number of morpholine rings is 1. The largest absolute Gasteiger partial charge is 0.378 e. The topological polar surface area (TPSA) is 110 Å². The normalized spacial score (nSPS) is 15.3. The average molecular weight is 371 g/mol. The summed E-state index contributed by atoms with van der Waals surface area (Å²) >= 11 is 0. The zero-order valence-corrected chi connectivity index (χ0v) is 15.2.